The van der Waals surface area contributed by atoms with Crippen LogP contribution in [-0.2, 0) is 33.8 Å². The van der Waals surface area contributed by atoms with Crippen molar-refractivity contribution in [2.24, 2.45) is 0 Å². The summed E-state index contributed by atoms with van der Waals surface area (Å²) in [6, 6.07) is 17.6. The monoisotopic (exact) mass is 432 g/mol. The molecular formula is C26H28N2O4. The highest BCUT2D eigenvalue weighted by atomic mass is 16.5. The number of carbonyl (C=O) groups excluding carboxylic acids is 2. The fourth-order valence-corrected chi connectivity index (χ4v) is 3.66. The number of aryl methyl sites for hydroxylation is 1. The Labute approximate surface area is 188 Å². The molecule has 1 heterocycles. The molecule has 0 atom stereocenters. The maximum Gasteiger partial charge on any atom is 0.310 e. The lowest BCUT2D eigenvalue weighted by Gasteiger charge is -2.23. The zero-order chi connectivity index (χ0) is 23.1. The SMILES string of the molecule is CCOC(=O)Cc1cc(-c2ccc(C)cc2CN(Cc2ccccc2)C(C)=O)c[n+]([O-])c1. The van der Waals surface area contributed by atoms with Crippen LogP contribution in [-0.4, -0.2) is 23.4 Å². The van der Waals surface area contributed by atoms with Crippen LogP contribution in [0.2, 0.25) is 0 Å². The largest absolute Gasteiger partial charge is 0.619 e. The van der Waals surface area contributed by atoms with E-state index >= 15 is 0 Å². The molecule has 0 unspecified atom stereocenters. The van der Waals surface area contributed by atoms with Crippen LogP contribution in [0.25, 0.3) is 11.1 Å². The first-order chi connectivity index (χ1) is 15.4. The second-order valence-electron chi connectivity index (χ2n) is 7.80. The van der Waals surface area contributed by atoms with Gasteiger partial charge >= 0.3 is 5.97 Å². The molecular weight excluding hydrogens is 404 g/mol. The summed E-state index contributed by atoms with van der Waals surface area (Å²) in [5.74, 6) is -0.407. The minimum absolute atomic E-state index is 0.0265. The van der Waals surface area contributed by atoms with E-state index in [4.69, 9.17) is 4.74 Å². The maximum atomic E-state index is 12.4. The molecule has 0 aliphatic heterocycles. The number of ether oxygens (including phenoxy) is 1. The molecule has 6 heteroatoms. The van der Waals surface area contributed by atoms with E-state index in [0.717, 1.165) is 22.3 Å². The Morgan fingerprint density at radius 3 is 2.44 bits per heavy atom. The van der Waals surface area contributed by atoms with Crippen LogP contribution in [0.5, 0.6) is 0 Å². The number of aromatic nitrogens is 1. The van der Waals surface area contributed by atoms with E-state index in [2.05, 4.69) is 0 Å². The Morgan fingerprint density at radius 2 is 1.75 bits per heavy atom. The van der Waals surface area contributed by atoms with Gasteiger partial charge in [-0.2, -0.15) is 4.73 Å². The van der Waals surface area contributed by atoms with E-state index in [9.17, 15) is 14.8 Å². The summed E-state index contributed by atoms with van der Waals surface area (Å²) in [6.45, 7) is 6.49. The first-order valence-corrected chi connectivity index (χ1v) is 10.6. The Kier molecular flexibility index (Phi) is 7.60. The van der Waals surface area contributed by atoms with Crippen molar-refractivity contribution in [3.05, 3.63) is 94.5 Å². The van der Waals surface area contributed by atoms with E-state index in [1.807, 2.05) is 61.5 Å². The molecule has 166 valence electrons. The molecule has 1 aromatic heterocycles. The molecule has 2 aromatic carbocycles. The molecule has 0 spiro atoms. The van der Waals surface area contributed by atoms with E-state index < -0.39 is 0 Å². The first-order valence-electron chi connectivity index (χ1n) is 10.6. The van der Waals surface area contributed by atoms with Gasteiger partial charge in [0.1, 0.15) is 0 Å². The van der Waals surface area contributed by atoms with Crippen LogP contribution in [0.3, 0.4) is 0 Å². The minimum Gasteiger partial charge on any atom is -0.619 e. The van der Waals surface area contributed by atoms with Gasteiger partial charge in [-0.15, -0.1) is 0 Å². The van der Waals surface area contributed by atoms with Gasteiger partial charge in [-0.25, -0.2) is 0 Å². The molecule has 1 amide bonds. The number of rotatable bonds is 8. The normalized spacial score (nSPS) is 10.6. The standard InChI is InChI=1S/C26H28N2O4/c1-4-32-26(30)14-22-13-24(18-28(31)16-22)25-11-10-19(2)12-23(25)17-27(20(3)29)15-21-8-6-5-7-9-21/h5-13,16,18H,4,14-15,17H2,1-3H3. The number of amides is 1. The molecule has 3 rings (SSSR count). The van der Waals surface area contributed by atoms with Gasteiger partial charge in [-0.05, 0) is 36.6 Å². The number of esters is 1. The van der Waals surface area contributed by atoms with Crippen molar-refractivity contribution in [1.29, 1.82) is 0 Å². The highest BCUT2D eigenvalue weighted by molar-refractivity contribution is 5.75. The summed E-state index contributed by atoms with van der Waals surface area (Å²) in [5.41, 5.74) is 5.17. The molecule has 3 aromatic rings. The first kappa shape index (κ1) is 23.0. The smallest absolute Gasteiger partial charge is 0.310 e. The Bertz CT molecular complexity index is 1100. The van der Waals surface area contributed by atoms with Gasteiger partial charge in [0.15, 0.2) is 12.4 Å². The highest BCUT2D eigenvalue weighted by Gasteiger charge is 2.17. The molecule has 0 N–H and O–H groups in total. The van der Waals surface area contributed by atoms with E-state index in [1.165, 1.54) is 12.4 Å². The van der Waals surface area contributed by atoms with Crippen LogP contribution in [0.4, 0.5) is 0 Å². The molecule has 0 radical (unpaired) electrons. The van der Waals surface area contributed by atoms with Crippen LogP contribution >= 0.6 is 0 Å². The lowest BCUT2D eigenvalue weighted by molar-refractivity contribution is -0.605. The Balaban J connectivity index is 1.94. The molecule has 32 heavy (non-hydrogen) atoms. The van der Waals surface area contributed by atoms with E-state index in [0.29, 0.717) is 35.6 Å². The molecule has 0 fully saturated rings. The van der Waals surface area contributed by atoms with Crippen molar-refractivity contribution in [3.8, 4) is 11.1 Å². The second-order valence-corrected chi connectivity index (χ2v) is 7.80. The lowest BCUT2D eigenvalue weighted by Crippen LogP contribution is -2.28. The average Bonchev–Trinajstić information content (AvgIpc) is 2.73. The van der Waals surface area contributed by atoms with Crippen LogP contribution in [0.1, 0.15) is 36.1 Å². The third kappa shape index (κ3) is 6.17. The van der Waals surface area contributed by atoms with Crippen molar-refractivity contribution in [2.45, 2.75) is 40.3 Å². The van der Waals surface area contributed by atoms with Crippen LogP contribution in [0.15, 0.2) is 67.0 Å². The van der Waals surface area contributed by atoms with Gasteiger partial charge in [0.2, 0.25) is 5.91 Å². The topological polar surface area (TPSA) is 73.5 Å². The summed E-state index contributed by atoms with van der Waals surface area (Å²) in [7, 11) is 0. The number of nitrogens with zero attached hydrogens (tertiary/aromatic N) is 2. The van der Waals surface area contributed by atoms with Gasteiger partial charge in [-0.1, -0.05) is 54.1 Å². The molecule has 0 bridgehead atoms. The lowest BCUT2D eigenvalue weighted by atomic mass is 9.97. The summed E-state index contributed by atoms with van der Waals surface area (Å²) in [6.07, 6.45) is 2.89. The van der Waals surface area contributed by atoms with Crippen molar-refractivity contribution >= 4 is 11.9 Å². The third-order valence-electron chi connectivity index (χ3n) is 5.15. The van der Waals surface area contributed by atoms with Crippen molar-refractivity contribution in [1.82, 2.24) is 4.90 Å². The molecule has 0 saturated carbocycles. The predicted octanol–water partition coefficient (Wildman–Crippen LogP) is 3.95. The second kappa shape index (κ2) is 10.6. The fraction of sp³-hybridized carbons (Fsp3) is 0.269. The highest BCUT2D eigenvalue weighted by Crippen LogP contribution is 2.27. The molecule has 0 aliphatic rings. The van der Waals surface area contributed by atoms with E-state index in [-0.39, 0.29) is 18.3 Å². The number of carbonyl (C=O) groups is 2. The predicted molar refractivity (Wildman–Crippen MR) is 122 cm³/mol. The van der Waals surface area contributed by atoms with Crippen molar-refractivity contribution in [3.63, 3.8) is 0 Å². The van der Waals surface area contributed by atoms with Gasteiger partial charge < -0.3 is 14.8 Å². The number of pyridine rings is 1. The molecule has 6 nitrogen and oxygen atoms in total. The van der Waals surface area contributed by atoms with Gasteiger partial charge in [0.25, 0.3) is 0 Å². The fourth-order valence-electron chi connectivity index (χ4n) is 3.66. The molecule has 0 aliphatic carbocycles. The number of hydrogen-bond donors (Lipinski definition) is 0. The zero-order valence-electron chi connectivity index (χ0n) is 18.7. The Morgan fingerprint density at radius 1 is 1.00 bits per heavy atom. The number of benzene rings is 2. The van der Waals surface area contributed by atoms with Gasteiger partial charge in [0.05, 0.1) is 13.0 Å². The zero-order valence-corrected chi connectivity index (χ0v) is 18.7. The quantitative estimate of drug-likeness (QED) is 0.307. The summed E-state index contributed by atoms with van der Waals surface area (Å²) < 4.78 is 5.72. The summed E-state index contributed by atoms with van der Waals surface area (Å²) >= 11 is 0. The van der Waals surface area contributed by atoms with E-state index in [1.54, 1.807) is 18.7 Å². The summed E-state index contributed by atoms with van der Waals surface area (Å²) in [4.78, 5) is 26.1. The molecule has 0 saturated heterocycles. The average molecular weight is 433 g/mol. The van der Waals surface area contributed by atoms with Gasteiger partial charge in [0, 0.05) is 31.1 Å². The van der Waals surface area contributed by atoms with Crippen LogP contribution in [0, 0.1) is 12.1 Å². The maximum absolute atomic E-state index is 12.4. The van der Waals surface area contributed by atoms with Gasteiger partial charge in [-0.3, -0.25) is 9.59 Å². The minimum atomic E-state index is -0.376. The van der Waals surface area contributed by atoms with Crippen molar-refractivity contribution < 1.29 is 19.1 Å². The van der Waals surface area contributed by atoms with Crippen molar-refractivity contribution in [2.75, 3.05) is 6.61 Å². The number of hydrogen-bond acceptors (Lipinski definition) is 4. The summed E-state index contributed by atoms with van der Waals surface area (Å²) in [5, 5.41) is 12.3. The third-order valence-corrected chi connectivity index (χ3v) is 5.15. The van der Waals surface area contributed by atoms with Crippen LogP contribution < -0.4 is 4.73 Å². The Hall–Kier alpha value is -3.67.